The Balaban J connectivity index is 1.59. The summed E-state index contributed by atoms with van der Waals surface area (Å²) in [5, 5.41) is 11.2. The highest BCUT2D eigenvalue weighted by Crippen LogP contribution is 2.31. The number of Topliss-reactive ketones (excluding diaryl/α,β-unsaturated/α-hetero) is 2. The Morgan fingerprint density at radius 2 is 1.34 bits per heavy atom. The minimum Gasteiger partial charge on any atom is -0.481 e. The number of carboxylic acids is 1. The molecule has 0 saturated heterocycles. The quantitative estimate of drug-likeness (QED) is 0.161. The second-order valence-electron chi connectivity index (χ2n) is 9.58. The van der Waals surface area contributed by atoms with Crippen LogP contribution in [-0.4, -0.2) is 41.5 Å². The minimum atomic E-state index is -4.88. The molecule has 4 rings (SSSR count). The fourth-order valence-electron chi connectivity index (χ4n) is 4.30. The van der Waals surface area contributed by atoms with Crippen LogP contribution in [0.3, 0.4) is 0 Å². The zero-order chi connectivity index (χ0) is 31.7. The number of carboxylic acid groups (broad SMARTS) is 1. The molecule has 0 fully saturated rings. The molecular weight excluding hydrogens is 579 g/mol. The molecule has 4 aromatic carbocycles. The Morgan fingerprint density at radius 3 is 1.98 bits per heavy atom. The molecule has 0 saturated carbocycles. The highest BCUT2D eigenvalue weighted by atomic mass is 19.4. The molecule has 0 aliphatic rings. The highest BCUT2D eigenvalue weighted by Gasteiger charge is 2.31. The van der Waals surface area contributed by atoms with E-state index in [1.54, 1.807) is 48.5 Å². The Kier molecular flexibility index (Phi) is 10.1. The summed E-state index contributed by atoms with van der Waals surface area (Å²) in [6.07, 6.45) is -5.45. The van der Waals surface area contributed by atoms with Crippen molar-refractivity contribution in [2.24, 2.45) is 0 Å². The first-order chi connectivity index (χ1) is 21.0. The number of rotatable bonds is 13. The van der Waals surface area contributed by atoms with Crippen LogP contribution in [0.5, 0.6) is 17.2 Å². The number of hydrogen-bond acceptors (Lipinski definition) is 6. The van der Waals surface area contributed by atoms with Crippen molar-refractivity contribution in [3.05, 3.63) is 125 Å². The zero-order valence-electron chi connectivity index (χ0n) is 23.0. The summed E-state index contributed by atoms with van der Waals surface area (Å²) in [6, 6.07) is 25.7. The van der Waals surface area contributed by atoms with Gasteiger partial charge in [-0.05, 0) is 66.2 Å². The van der Waals surface area contributed by atoms with Gasteiger partial charge in [0.1, 0.15) is 17.2 Å². The third kappa shape index (κ3) is 9.02. The summed E-state index contributed by atoms with van der Waals surface area (Å²) in [5.74, 6) is -3.03. The molecule has 0 aromatic heterocycles. The van der Waals surface area contributed by atoms with Gasteiger partial charge < -0.3 is 19.9 Å². The fourth-order valence-corrected chi connectivity index (χ4v) is 4.30. The molecule has 4 aromatic rings. The molecule has 11 heteroatoms. The second-order valence-corrected chi connectivity index (χ2v) is 9.58. The van der Waals surface area contributed by atoms with Crippen LogP contribution in [0.1, 0.15) is 55.4 Å². The number of benzene rings is 4. The maximum Gasteiger partial charge on any atom is 0.573 e. The molecule has 0 bridgehead atoms. The number of para-hydroxylation sites is 1. The number of alkyl halides is 3. The van der Waals surface area contributed by atoms with Crippen LogP contribution in [0.15, 0.2) is 103 Å². The number of amides is 1. The third-order valence-corrected chi connectivity index (χ3v) is 6.41. The van der Waals surface area contributed by atoms with Crippen LogP contribution in [0.2, 0.25) is 0 Å². The summed E-state index contributed by atoms with van der Waals surface area (Å²) in [4.78, 5) is 50.1. The van der Waals surface area contributed by atoms with Gasteiger partial charge in [-0.3, -0.25) is 19.2 Å². The largest absolute Gasteiger partial charge is 0.573 e. The van der Waals surface area contributed by atoms with Gasteiger partial charge in [0.25, 0.3) is 5.91 Å². The molecule has 226 valence electrons. The van der Waals surface area contributed by atoms with Gasteiger partial charge in [-0.15, -0.1) is 13.2 Å². The van der Waals surface area contributed by atoms with Gasteiger partial charge in [0.2, 0.25) is 0 Å². The Morgan fingerprint density at radius 1 is 0.727 bits per heavy atom. The van der Waals surface area contributed by atoms with Crippen LogP contribution < -0.4 is 14.8 Å². The van der Waals surface area contributed by atoms with E-state index in [0.29, 0.717) is 17.1 Å². The first-order valence-electron chi connectivity index (χ1n) is 13.3. The summed E-state index contributed by atoms with van der Waals surface area (Å²) in [7, 11) is 0. The normalized spacial score (nSPS) is 11.7. The number of hydrogen-bond donors (Lipinski definition) is 2. The molecule has 1 amide bonds. The predicted octanol–water partition coefficient (Wildman–Crippen LogP) is 6.82. The van der Waals surface area contributed by atoms with Crippen molar-refractivity contribution >= 4 is 23.4 Å². The van der Waals surface area contributed by atoms with Gasteiger partial charge in [0.15, 0.2) is 11.6 Å². The van der Waals surface area contributed by atoms with E-state index in [0.717, 1.165) is 12.1 Å². The van der Waals surface area contributed by atoms with Crippen LogP contribution in [0.25, 0.3) is 0 Å². The SMILES string of the molecule is O=C(O)CCNC(=O)c1ccc(C(=O)C(CC(=O)c2ccc(OC(F)(F)F)cc2)c2cccc(Oc3ccccc3)c2)cc1. The van der Waals surface area contributed by atoms with Crippen molar-refractivity contribution in [3.63, 3.8) is 0 Å². The first kappa shape index (κ1) is 31.5. The molecule has 0 radical (unpaired) electrons. The standard InChI is InChI=1S/C33H26F3NO7/c34-33(35,36)44-26-15-13-21(14-16-26)29(38)20-28(24-5-4-8-27(19-24)43-25-6-2-1-3-7-25)31(41)22-9-11-23(12-10-22)32(42)37-18-17-30(39)40/h1-16,19,28H,17-18,20H2,(H,37,42)(H,39,40). The molecule has 1 unspecified atom stereocenters. The van der Waals surface area contributed by atoms with Crippen molar-refractivity contribution in [1.29, 1.82) is 0 Å². The predicted molar refractivity (Wildman–Crippen MR) is 153 cm³/mol. The van der Waals surface area contributed by atoms with Crippen molar-refractivity contribution in [2.45, 2.75) is 25.1 Å². The van der Waals surface area contributed by atoms with Gasteiger partial charge in [0.05, 0.1) is 12.3 Å². The second kappa shape index (κ2) is 14.1. The molecular formula is C33H26F3NO7. The Hall–Kier alpha value is -5.45. The van der Waals surface area contributed by atoms with Crippen molar-refractivity contribution in [1.82, 2.24) is 5.32 Å². The number of halogens is 3. The first-order valence-corrected chi connectivity index (χ1v) is 13.3. The molecule has 1 atom stereocenters. The average molecular weight is 606 g/mol. The smallest absolute Gasteiger partial charge is 0.481 e. The van der Waals surface area contributed by atoms with Gasteiger partial charge in [0, 0.05) is 29.7 Å². The van der Waals surface area contributed by atoms with E-state index >= 15 is 0 Å². The van der Waals surface area contributed by atoms with Gasteiger partial charge in [-0.1, -0.05) is 42.5 Å². The minimum absolute atomic E-state index is 0.0657. The van der Waals surface area contributed by atoms with E-state index in [1.165, 1.54) is 36.4 Å². The molecule has 0 heterocycles. The number of carbonyl (C=O) groups is 4. The summed E-state index contributed by atoms with van der Waals surface area (Å²) in [5.41, 5.74) is 0.957. The molecule has 2 N–H and O–H groups in total. The van der Waals surface area contributed by atoms with E-state index in [4.69, 9.17) is 9.84 Å². The Bertz CT molecular complexity index is 1620. The lowest BCUT2D eigenvalue weighted by molar-refractivity contribution is -0.274. The van der Waals surface area contributed by atoms with Crippen LogP contribution in [0.4, 0.5) is 13.2 Å². The molecule has 0 spiro atoms. The number of carbonyl (C=O) groups excluding carboxylic acids is 3. The monoisotopic (exact) mass is 605 g/mol. The van der Waals surface area contributed by atoms with Crippen molar-refractivity contribution in [3.8, 4) is 17.2 Å². The van der Waals surface area contributed by atoms with Gasteiger partial charge in [-0.25, -0.2) is 0 Å². The van der Waals surface area contributed by atoms with Gasteiger partial charge in [-0.2, -0.15) is 0 Å². The van der Waals surface area contributed by atoms with E-state index in [9.17, 15) is 32.3 Å². The lowest BCUT2D eigenvalue weighted by Crippen LogP contribution is -2.26. The average Bonchev–Trinajstić information content (AvgIpc) is 2.99. The number of ether oxygens (including phenoxy) is 2. The van der Waals surface area contributed by atoms with E-state index in [-0.39, 0.29) is 36.1 Å². The molecule has 8 nitrogen and oxygen atoms in total. The summed E-state index contributed by atoms with van der Waals surface area (Å²) < 4.78 is 47.4. The van der Waals surface area contributed by atoms with Crippen LogP contribution >= 0.6 is 0 Å². The lowest BCUT2D eigenvalue weighted by atomic mass is 9.85. The number of ketones is 2. The number of nitrogens with one attached hydrogen (secondary N) is 1. The maximum atomic E-state index is 13.8. The number of aliphatic carboxylic acids is 1. The van der Waals surface area contributed by atoms with Crippen LogP contribution in [-0.2, 0) is 4.79 Å². The zero-order valence-corrected chi connectivity index (χ0v) is 23.0. The van der Waals surface area contributed by atoms with Crippen LogP contribution in [0, 0.1) is 0 Å². The van der Waals surface area contributed by atoms with E-state index in [2.05, 4.69) is 10.1 Å². The Labute approximate surface area is 250 Å². The van der Waals surface area contributed by atoms with Crippen molar-refractivity contribution < 1.29 is 46.9 Å². The third-order valence-electron chi connectivity index (χ3n) is 6.41. The highest BCUT2D eigenvalue weighted by molar-refractivity contribution is 6.06. The van der Waals surface area contributed by atoms with E-state index in [1.807, 2.05) is 6.07 Å². The topological polar surface area (TPSA) is 119 Å². The van der Waals surface area contributed by atoms with E-state index < -0.39 is 41.5 Å². The molecule has 44 heavy (non-hydrogen) atoms. The molecule has 0 aliphatic heterocycles. The summed E-state index contributed by atoms with van der Waals surface area (Å²) in [6.45, 7) is -0.0657. The fraction of sp³-hybridized carbons (Fsp3) is 0.152. The molecule has 0 aliphatic carbocycles. The maximum absolute atomic E-state index is 13.8. The van der Waals surface area contributed by atoms with Crippen molar-refractivity contribution in [2.75, 3.05) is 6.54 Å². The van der Waals surface area contributed by atoms with Gasteiger partial charge >= 0.3 is 12.3 Å². The lowest BCUT2D eigenvalue weighted by Gasteiger charge is -2.18. The summed E-state index contributed by atoms with van der Waals surface area (Å²) >= 11 is 0.